The summed E-state index contributed by atoms with van der Waals surface area (Å²) >= 11 is 0. The van der Waals surface area contributed by atoms with Crippen LogP contribution in [-0.4, -0.2) is 23.6 Å². The molecule has 0 amide bonds. The maximum Gasteiger partial charge on any atom is 0.461 e. The lowest BCUT2D eigenvalue weighted by Gasteiger charge is -2.25. The molecule has 0 aliphatic rings. The van der Waals surface area contributed by atoms with E-state index in [-0.39, 0.29) is 24.2 Å². The van der Waals surface area contributed by atoms with Crippen LogP contribution in [-0.2, 0) is 17.8 Å². The van der Waals surface area contributed by atoms with Crippen LogP contribution in [0.2, 0.25) is 0 Å². The van der Waals surface area contributed by atoms with Gasteiger partial charge in [0.15, 0.2) is 0 Å². The van der Waals surface area contributed by atoms with Gasteiger partial charge in [0.2, 0.25) is 0 Å². The maximum atomic E-state index is 13.2. The normalized spacial score (nSPS) is 13.4. The molecule has 0 heterocycles. The molecule has 0 aliphatic heterocycles. The smallest absolute Gasteiger partial charge is 0.461 e. The Kier molecular flexibility index (Phi) is 8.12. The van der Waals surface area contributed by atoms with Crippen LogP contribution in [0.5, 0.6) is 11.5 Å². The number of halogens is 4. The van der Waals surface area contributed by atoms with Gasteiger partial charge in [-0.25, -0.2) is 0 Å². The van der Waals surface area contributed by atoms with Crippen molar-refractivity contribution in [2.75, 3.05) is 0 Å². The van der Waals surface area contributed by atoms with Gasteiger partial charge in [0.05, 0.1) is 6.10 Å². The zero-order valence-corrected chi connectivity index (χ0v) is 17.7. The molecule has 0 aliphatic carbocycles. The monoisotopic (exact) mass is 477 g/mol. The molecular formula is C25H21F4O5-. The second-order valence-corrected chi connectivity index (χ2v) is 7.53. The Bertz CT molecular complexity index is 1090. The Hall–Kier alpha value is -3.59. The third-order valence-electron chi connectivity index (χ3n) is 4.99. The van der Waals surface area contributed by atoms with Crippen molar-refractivity contribution in [3.63, 3.8) is 0 Å². The van der Waals surface area contributed by atoms with Crippen LogP contribution in [0.15, 0.2) is 78.9 Å². The molecule has 3 aromatic rings. The number of carbonyl (C=O) groups is 1. The summed E-state index contributed by atoms with van der Waals surface area (Å²) in [5.41, 5.74) is 1.34. The first-order chi connectivity index (χ1) is 16.2. The summed E-state index contributed by atoms with van der Waals surface area (Å²) in [7, 11) is 0. The van der Waals surface area contributed by atoms with Gasteiger partial charge in [-0.15, -0.1) is 0 Å². The second-order valence-electron chi connectivity index (χ2n) is 7.53. The number of benzene rings is 3. The van der Waals surface area contributed by atoms with E-state index >= 15 is 0 Å². The largest absolute Gasteiger partial charge is 0.550 e. The molecule has 0 saturated heterocycles. The van der Waals surface area contributed by atoms with Crippen molar-refractivity contribution in [1.82, 2.24) is 0 Å². The van der Waals surface area contributed by atoms with E-state index in [9.17, 15) is 32.6 Å². The number of alkyl halides is 4. The van der Waals surface area contributed by atoms with Crippen molar-refractivity contribution in [1.29, 1.82) is 0 Å². The van der Waals surface area contributed by atoms with E-state index in [0.29, 0.717) is 5.75 Å². The molecule has 0 radical (unpaired) electrons. The molecule has 34 heavy (non-hydrogen) atoms. The van der Waals surface area contributed by atoms with Crippen LogP contribution in [0.25, 0.3) is 0 Å². The number of ether oxygens (including phenoxy) is 2. The highest BCUT2D eigenvalue weighted by Gasteiger charge is 2.44. The van der Waals surface area contributed by atoms with Crippen molar-refractivity contribution in [3.05, 3.63) is 95.6 Å². The molecular weight excluding hydrogens is 456 g/mol. The highest BCUT2D eigenvalue weighted by atomic mass is 19.3. The zero-order valence-electron chi connectivity index (χ0n) is 17.7. The minimum Gasteiger partial charge on any atom is -0.550 e. The number of rotatable bonds is 11. The van der Waals surface area contributed by atoms with E-state index in [0.717, 1.165) is 17.7 Å². The molecule has 9 heteroatoms. The van der Waals surface area contributed by atoms with Gasteiger partial charge in [0.25, 0.3) is 0 Å². The molecule has 3 rings (SSSR count). The Labute approximate surface area is 193 Å². The number of hydrogen-bond acceptors (Lipinski definition) is 5. The number of aliphatic hydroxyl groups is 1. The van der Waals surface area contributed by atoms with Crippen LogP contribution in [0.4, 0.5) is 17.6 Å². The first-order valence-electron chi connectivity index (χ1n) is 10.3. The average Bonchev–Trinajstić information content (AvgIpc) is 2.81. The van der Waals surface area contributed by atoms with Gasteiger partial charge in [-0.1, -0.05) is 54.6 Å². The summed E-state index contributed by atoms with van der Waals surface area (Å²) in [6.45, 7) is 0.264. The van der Waals surface area contributed by atoms with Crippen molar-refractivity contribution in [3.8, 4) is 11.5 Å². The molecule has 5 nitrogen and oxygen atoms in total. The number of hydrogen-bond donors (Lipinski definition) is 1. The summed E-state index contributed by atoms with van der Waals surface area (Å²) in [6, 6.07) is 20.3. The number of aliphatic carboxylic acids is 1. The lowest BCUT2D eigenvalue weighted by molar-refractivity contribution is -0.314. The van der Waals surface area contributed by atoms with E-state index in [4.69, 9.17) is 4.74 Å². The van der Waals surface area contributed by atoms with Crippen molar-refractivity contribution >= 4 is 5.97 Å². The summed E-state index contributed by atoms with van der Waals surface area (Å²) < 4.78 is 60.9. The van der Waals surface area contributed by atoms with Crippen LogP contribution in [0.3, 0.4) is 0 Å². The molecule has 0 bridgehead atoms. The van der Waals surface area contributed by atoms with E-state index in [1.165, 1.54) is 24.3 Å². The molecule has 2 atom stereocenters. The zero-order chi connectivity index (χ0) is 24.7. The van der Waals surface area contributed by atoms with E-state index in [2.05, 4.69) is 4.74 Å². The summed E-state index contributed by atoms with van der Waals surface area (Å²) in [5.74, 6) is -3.20. The van der Waals surface area contributed by atoms with Gasteiger partial charge in [-0.3, -0.25) is 0 Å². The highest BCUT2D eigenvalue weighted by Crippen LogP contribution is 2.31. The number of carboxylic acid groups (broad SMARTS) is 1. The highest BCUT2D eigenvalue weighted by molar-refractivity contribution is 5.69. The molecule has 0 fully saturated rings. The lowest BCUT2D eigenvalue weighted by atomic mass is 9.89. The average molecular weight is 477 g/mol. The fourth-order valence-electron chi connectivity index (χ4n) is 3.28. The Balaban J connectivity index is 1.73. The molecule has 1 N–H and O–H groups in total. The van der Waals surface area contributed by atoms with Crippen molar-refractivity contribution < 1.29 is 42.0 Å². The predicted molar refractivity (Wildman–Crippen MR) is 112 cm³/mol. The maximum absolute atomic E-state index is 13.2. The van der Waals surface area contributed by atoms with Crippen LogP contribution in [0, 0.1) is 5.92 Å². The van der Waals surface area contributed by atoms with Crippen molar-refractivity contribution in [2.24, 2.45) is 5.92 Å². The van der Waals surface area contributed by atoms with Crippen LogP contribution >= 0.6 is 0 Å². The topological polar surface area (TPSA) is 78.8 Å². The number of carbonyl (C=O) groups excluding carboxylic acids is 1. The Morgan fingerprint density at radius 2 is 1.56 bits per heavy atom. The van der Waals surface area contributed by atoms with Gasteiger partial charge in [-0.05, 0) is 47.4 Å². The minimum absolute atomic E-state index is 0.173. The third kappa shape index (κ3) is 6.71. The Morgan fingerprint density at radius 3 is 2.24 bits per heavy atom. The van der Waals surface area contributed by atoms with Crippen LogP contribution < -0.4 is 14.6 Å². The minimum atomic E-state index is -4.70. The van der Waals surface area contributed by atoms with Crippen molar-refractivity contribution in [2.45, 2.75) is 31.7 Å². The van der Waals surface area contributed by atoms with Gasteiger partial charge < -0.3 is 24.5 Å². The molecule has 180 valence electrons. The van der Waals surface area contributed by atoms with Gasteiger partial charge in [0.1, 0.15) is 18.1 Å². The number of carboxylic acids is 1. The fourth-order valence-corrected chi connectivity index (χ4v) is 3.28. The Morgan fingerprint density at radius 1 is 0.912 bits per heavy atom. The summed E-state index contributed by atoms with van der Waals surface area (Å²) in [6.07, 6.45) is -10.6. The first-order valence-corrected chi connectivity index (χ1v) is 10.3. The summed E-state index contributed by atoms with van der Waals surface area (Å²) in [4.78, 5) is 11.8. The van der Waals surface area contributed by atoms with E-state index in [1.807, 2.05) is 30.3 Å². The predicted octanol–water partition coefficient (Wildman–Crippen LogP) is 4.14. The van der Waals surface area contributed by atoms with E-state index in [1.54, 1.807) is 12.1 Å². The number of aliphatic hydroxyl groups excluding tert-OH is 1. The van der Waals surface area contributed by atoms with Gasteiger partial charge >= 0.3 is 12.5 Å². The molecule has 0 aromatic heterocycles. The fraction of sp³-hybridized carbons (Fsp3) is 0.240. The quantitative estimate of drug-likeness (QED) is 0.420. The lowest BCUT2D eigenvalue weighted by Crippen LogP contribution is -2.36. The standard InChI is InChI=1S/C25H22F4O5/c26-24(27)25(28,29)34-20-11-4-8-17(12-20)13-21(23(31)32)22(30)18-9-5-10-19(14-18)33-15-16-6-2-1-3-7-16/h1-12,14,21-22,24,30H,13,15H2,(H,31,32)/p-1. The molecule has 0 saturated carbocycles. The van der Waals surface area contributed by atoms with E-state index < -0.39 is 36.3 Å². The molecule has 2 unspecified atom stereocenters. The SMILES string of the molecule is O=C([O-])C(Cc1cccc(OC(F)(F)C(F)F)c1)C(O)c1cccc(OCc2ccccc2)c1. The third-order valence-corrected chi connectivity index (χ3v) is 4.99. The van der Waals surface area contributed by atoms with Gasteiger partial charge in [-0.2, -0.15) is 17.6 Å². The van der Waals surface area contributed by atoms with Crippen LogP contribution in [0.1, 0.15) is 22.8 Å². The first kappa shape index (κ1) is 25.0. The second kappa shape index (κ2) is 11.0. The molecule has 0 spiro atoms. The summed E-state index contributed by atoms with van der Waals surface area (Å²) in [5, 5.41) is 22.5. The molecule has 3 aromatic carbocycles. The van der Waals surface area contributed by atoms with Gasteiger partial charge in [0, 0.05) is 11.9 Å².